The standard InChI is InChI=1S/C31H26BN3/c1-21-13-15-33-30(17-21)32(3)25-8-6-7-23(19-25)24-11-12-27-26-9-4-5-10-28(26)35(29(27)20-24)31-18-22(2)14-16-34-31/h4-20H,1-3H3. The van der Waals surface area contributed by atoms with Crippen LogP contribution in [0, 0.1) is 13.8 Å². The summed E-state index contributed by atoms with van der Waals surface area (Å²) in [5.41, 5.74) is 9.54. The molecule has 6 aromatic rings. The van der Waals surface area contributed by atoms with Crippen molar-refractivity contribution in [3.63, 3.8) is 0 Å². The first-order chi connectivity index (χ1) is 17.1. The van der Waals surface area contributed by atoms with Gasteiger partial charge in [0.1, 0.15) is 5.82 Å². The molecule has 0 unspecified atom stereocenters. The highest BCUT2D eigenvalue weighted by Gasteiger charge is 2.17. The van der Waals surface area contributed by atoms with Crippen molar-refractivity contribution in [2.24, 2.45) is 0 Å². The van der Waals surface area contributed by atoms with Gasteiger partial charge in [-0.25, -0.2) is 4.98 Å². The number of nitrogens with zero attached hydrogens (tertiary/aromatic N) is 3. The molecule has 0 amide bonds. The van der Waals surface area contributed by atoms with Gasteiger partial charge in [-0.1, -0.05) is 66.9 Å². The van der Waals surface area contributed by atoms with E-state index < -0.39 is 0 Å². The minimum atomic E-state index is 0.224. The Morgan fingerprint density at radius 2 is 1.37 bits per heavy atom. The van der Waals surface area contributed by atoms with Crippen LogP contribution < -0.4 is 11.1 Å². The fourth-order valence-electron chi connectivity index (χ4n) is 4.99. The highest BCUT2D eigenvalue weighted by Crippen LogP contribution is 2.34. The molecule has 0 N–H and O–H groups in total. The zero-order valence-corrected chi connectivity index (χ0v) is 20.2. The molecule has 0 aliphatic heterocycles. The number of hydrogen-bond donors (Lipinski definition) is 0. The normalized spacial score (nSPS) is 11.3. The van der Waals surface area contributed by atoms with E-state index in [9.17, 15) is 0 Å². The number of rotatable bonds is 4. The minimum Gasteiger partial charge on any atom is -0.294 e. The van der Waals surface area contributed by atoms with Crippen molar-refractivity contribution in [2.75, 3.05) is 0 Å². The first kappa shape index (κ1) is 21.4. The lowest BCUT2D eigenvalue weighted by atomic mass is 9.44. The Hall–Kier alpha value is -4.18. The maximum absolute atomic E-state index is 4.72. The number of aromatic nitrogens is 3. The summed E-state index contributed by atoms with van der Waals surface area (Å²) in [4.78, 5) is 9.34. The summed E-state index contributed by atoms with van der Waals surface area (Å²) in [6, 6.07) is 32.6. The van der Waals surface area contributed by atoms with Crippen molar-refractivity contribution < 1.29 is 0 Å². The summed E-state index contributed by atoms with van der Waals surface area (Å²) in [7, 11) is 0. The molecule has 3 aromatic heterocycles. The molecule has 0 saturated carbocycles. The minimum absolute atomic E-state index is 0.224. The summed E-state index contributed by atoms with van der Waals surface area (Å²) in [5, 5.41) is 2.48. The van der Waals surface area contributed by atoms with Gasteiger partial charge >= 0.3 is 0 Å². The van der Waals surface area contributed by atoms with Crippen LogP contribution in [0.2, 0.25) is 6.82 Å². The van der Waals surface area contributed by atoms with Crippen LogP contribution in [0.25, 0.3) is 38.8 Å². The van der Waals surface area contributed by atoms with Crippen LogP contribution in [0.4, 0.5) is 0 Å². The lowest BCUT2D eigenvalue weighted by Crippen LogP contribution is -2.41. The molecule has 3 nitrogen and oxygen atoms in total. The second-order valence-corrected chi connectivity index (χ2v) is 9.38. The monoisotopic (exact) mass is 451 g/mol. The van der Waals surface area contributed by atoms with Crippen LogP contribution in [0.15, 0.2) is 103 Å². The molecule has 0 saturated heterocycles. The lowest BCUT2D eigenvalue weighted by molar-refractivity contribution is 1.07. The molecule has 0 bridgehead atoms. The van der Waals surface area contributed by atoms with Crippen molar-refractivity contribution in [3.8, 4) is 16.9 Å². The maximum Gasteiger partial charge on any atom is 0.230 e. The Balaban J connectivity index is 1.51. The maximum atomic E-state index is 4.72. The molecule has 0 spiro atoms. The fraction of sp³-hybridized carbons (Fsp3) is 0.0968. The number of hydrogen-bond acceptors (Lipinski definition) is 2. The average molecular weight is 451 g/mol. The van der Waals surface area contributed by atoms with Crippen molar-refractivity contribution >= 4 is 39.6 Å². The largest absolute Gasteiger partial charge is 0.294 e. The van der Waals surface area contributed by atoms with E-state index in [4.69, 9.17) is 4.98 Å². The van der Waals surface area contributed by atoms with Crippen molar-refractivity contribution in [1.29, 1.82) is 0 Å². The van der Waals surface area contributed by atoms with E-state index in [1.165, 1.54) is 49.5 Å². The molecule has 3 aromatic carbocycles. The van der Waals surface area contributed by atoms with E-state index in [2.05, 4.69) is 109 Å². The van der Waals surface area contributed by atoms with E-state index in [1.807, 2.05) is 24.5 Å². The number of pyridine rings is 2. The van der Waals surface area contributed by atoms with Crippen LogP contribution in [-0.2, 0) is 0 Å². The smallest absolute Gasteiger partial charge is 0.230 e. The Kier molecular flexibility index (Phi) is 5.22. The predicted octanol–water partition coefficient (Wildman–Crippen LogP) is 6.10. The van der Waals surface area contributed by atoms with Gasteiger partial charge in [-0.05, 0) is 72.5 Å². The van der Waals surface area contributed by atoms with Crippen LogP contribution >= 0.6 is 0 Å². The number of fused-ring (bicyclic) bond motifs is 3. The van der Waals surface area contributed by atoms with E-state index in [0.29, 0.717) is 0 Å². The van der Waals surface area contributed by atoms with Gasteiger partial charge in [-0.15, -0.1) is 0 Å². The van der Waals surface area contributed by atoms with Gasteiger partial charge in [0, 0.05) is 28.8 Å². The molecule has 168 valence electrons. The summed E-state index contributed by atoms with van der Waals surface area (Å²) in [6.45, 7) is 6.68. The van der Waals surface area contributed by atoms with Crippen molar-refractivity contribution in [3.05, 3.63) is 115 Å². The summed E-state index contributed by atoms with van der Waals surface area (Å²) in [5.74, 6) is 0.946. The molecule has 4 heteroatoms. The molecular weight excluding hydrogens is 425 g/mol. The van der Waals surface area contributed by atoms with Gasteiger partial charge < -0.3 is 0 Å². The highest BCUT2D eigenvalue weighted by molar-refractivity contribution is 6.83. The zero-order valence-electron chi connectivity index (χ0n) is 20.2. The van der Waals surface area contributed by atoms with Crippen LogP contribution in [0.3, 0.4) is 0 Å². The van der Waals surface area contributed by atoms with Gasteiger partial charge in [0.15, 0.2) is 0 Å². The quantitative estimate of drug-likeness (QED) is 0.304. The molecule has 35 heavy (non-hydrogen) atoms. The predicted molar refractivity (Wildman–Crippen MR) is 149 cm³/mol. The second-order valence-electron chi connectivity index (χ2n) is 9.38. The van der Waals surface area contributed by atoms with E-state index in [1.54, 1.807) is 0 Å². The summed E-state index contributed by atoms with van der Waals surface area (Å²) < 4.78 is 2.28. The third-order valence-electron chi connectivity index (χ3n) is 6.90. The van der Waals surface area contributed by atoms with Crippen LogP contribution in [0.1, 0.15) is 11.1 Å². The average Bonchev–Trinajstić information content (AvgIpc) is 3.22. The van der Waals surface area contributed by atoms with E-state index in [0.717, 1.165) is 11.4 Å². The lowest BCUT2D eigenvalue weighted by Gasteiger charge is -2.12. The number of aryl methyl sites for hydroxylation is 2. The number of benzene rings is 3. The third kappa shape index (κ3) is 3.81. The molecule has 6 rings (SSSR count). The van der Waals surface area contributed by atoms with Crippen molar-refractivity contribution in [1.82, 2.24) is 14.5 Å². The van der Waals surface area contributed by atoms with E-state index in [-0.39, 0.29) is 6.71 Å². The first-order valence-corrected chi connectivity index (χ1v) is 12.1. The van der Waals surface area contributed by atoms with Gasteiger partial charge in [-0.2, -0.15) is 0 Å². The fourth-order valence-corrected chi connectivity index (χ4v) is 4.99. The number of para-hydroxylation sites is 1. The Labute approximate surface area is 206 Å². The van der Waals surface area contributed by atoms with Crippen molar-refractivity contribution in [2.45, 2.75) is 20.7 Å². The Morgan fingerprint density at radius 1 is 0.629 bits per heavy atom. The molecule has 0 fully saturated rings. The SMILES string of the molecule is CB(c1cccc(-c2ccc3c4ccccc4n(-c4cc(C)ccn4)c3c2)c1)c1cc(C)ccn1. The summed E-state index contributed by atoms with van der Waals surface area (Å²) in [6.07, 6.45) is 3.79. The summed E-state index contributed by atoms with van der Waals surface area (Å²) >= 11 is 0. The second kappa shape index (κ2) is 8.55. The molecule has 3 heterocycles. The Morgan fingerprint density at radius 3 is 2.20 bits per heavy atom. The first-order valence-electron chi connectivity index (χ1n) is 12.1. The van der Waals surface area contributed by atoms with Gasteiger partial charge in [-0.3, -0.25) is 9.55 Å². The Bertz CT molecular complexity index is 1700. The molecule has 0 atom stereocenters. The van der Waals surface area contributed by atoms with Gasteiger partial charge in [0.25, 0.3) is 0 Å². The molecule has 0 radical (unpaired) electrons. The topological polar surface area (TPSA) is 30.7 Å². The third-order valence-corrected chi connectivity index (χ3v) is 6.90. The molecule has 0 aliphatic carbocycles. The van der Waals surface area contributed by atoms with E-state index >= 15 is 0 Å². The molecule has 0 aliphatic rings. The van der Waals surface area contributed by atoms with Gasteiger partial charge in [0.05, 0.1) is 11.0 Å². The van der Waals surface area contributed by atoms with Crippen LogP contribution in [-0.4, -0.2) is 21.2 Å². The van der Waals surface area contributed by atoms with Crippen LogP contribution in [0.5, 0.6) is 0 Å². The van der Waals surface area contributed by atoms with Gasteiger partial charge in [0.2, 0.25) is 6.71 Å². The molecular formula is C31H26BN3. The highest BCUT2D eigenvalue weighted by atomic mass is 15.1. The zero-order chi connectivity index (χ0) is 23.9.